The Morgan fingerprint density at radius 3 is 2.87 bits per heavy atom. The van der Waals surface area contributed by atoms with E-state index in [1.807, 2.05) is 12.1 Å². The van der Waals surface area contributed by atoms with Gasteiger partial charge in [0.15, 0.2) is 0 Å². The summed E-state index contributed by atoms with van der Waals surface area (Å²) in [6, 6.07) is 5.47. The van der Waals surface area contributed by atoms with Gasteiger partial charge in [-0.05, 0) is 18.6 Å². The molecule has 0 bridgehead atoms. The van der Waals surface area contributed by atoms with Crippen LogP contribution in [-0.4, -0.2) is 13.0 Å². The average molecular weight is 244 g/mol. The van der Waals surface area contributed by atoms with Crippen LogP contribution in [0, 0.1) is 0 Å². The molecule has 0 atom stereocenters. The third-order valence-electron chi connectivity index (χ3n) is 2.15. The Bertz CT molecular complexity index is 343. The van der Waals surface area contributed by atoms with E-state index in [0.29, 0.717) is 16.5 Å². The summed E-state index contributed by atoms with van der Waals surface area (Å²) >= 11 is 10.3. The van der Waals surface area contributed by atoms with Crippen LogP contribution < -0.4 is 4.90 Å². The molecule has 1 aromatic carbocycles. The Labute approximate surface area is 101 Å². The van der Waals surface area contributed by atoms with Crippen molar-refractivity contribution in [2.24, 2.45) is 0 Å². The van der Waals surface area contributed by atoms with E-state index in [-0.39, 0.29) is 0 Å². The number of unbranched alkanes of at least 4 members (excludes halogenated alkanes) is 1. The molecule has 1 aromatic rings. The summed E-state index contributed by atoms with van der Waals surface area (Å²) in [5.74, 6) is 0. The molecule has 1 amide bonds. The van der Waals surface area contributed by atoms with Gasteiger partial charge in [-0.2, -0.15) is 0 Å². The van der Waals surface area contributed by atoms with Crippen LogP contribution in [-0.2, 0) is 4.79 Å². The first-order valence-electron chi connectivity index (χ1n) is 4.90. The van der Waals surface area contributed by atoms with Crippen LogP contribution in [0.15, 0.2) is 23.1 Å². The number of nitrogens with zero attached hydrogens (tertiary/aromatic N) is 1. The van der Waals surface area contributed by atoms with E-state index in [4.69, 9.17) is 11.6 Å². The predicted molar refractivity (Wildman–Crippen MR) is 67.0 cm³/mol. The van der Waals surface area contributed by atoms with Crippen molar-refractivity contribution in [2.45, 2.75) is 24.7 Å². The van der Waals surface area contributed by atoms with Crippen LogP contribution in [0.4, 0.5) is 5.69 Å². The number of benzene rings is 1. The number of amides is 1. The molecule has 0 aliphatic carbocycles. The van der Waals surface area contributed by atoms with Crippen molar-refractivity contribution in [3.05, 3.63) is 23.2 Å². The predicted octanol–water partition coefficient (Wildman–Crippen LogP) is 3.39. The van der Waals surface area contributed by atoms with Crippen molar-refractivity contribution in [3.63, 3.8) is 0 Å². The van der Waals surface area contributed by atoms with Crippen molar-refractivity contribution in [1.29, 1.82) is 0 Å². The smallest absolute Gasteiger partial charge is 0.214 e. The summed E-state index contributed by atoms with van der Waals surface area (Å²) in [6.45, 7) is 2.77. The van der Waals surface area contributed by atoms with Gasteiger partial charge >= 0.3 is 0 Å². The van der Waals surface area contributed by atoms with Gasteiger partial charge in [-0.25, -0.2) is 0 Å². The lowest BCUT2D eigenvalue weighted by Gasteiger charge is -2.18. The van der Waals surface area contributed by atoms with Crippen LogP contribution in [0.3, 0.4) is 0 Å². The fourth-order valence-electron chi connectivity index (χ4n) is 1.29. The molecule has 2 nitrogen and oxygen atoms in total. The average Bonchev–Trinajstić information content (AvgIpc) is 2.25. The van der Waals surface area contributed by atoms with Crippen molar-refractivity contribution >= 4 is 36.3 Å². The normalized spacial score (nSPS) is 10.1. The van der Waals surface area contributed by atoms with Crippen molar-refractivity contribution < 1.29 is 4.79 Å². The fraction of sp³-hybridized carbons (Fsp3) is 0.364. The maximum Gasteiger partial charge on any atom is 0.214 e. The third-order valence-corrected chi connectivity index (χ3v) is 3.05. The standard InChI is InChI=1S/C11H14ClNOS/c1-2-3-7-13(8-14)9-5-4-6-10(15)11(9)12/h4-6,8,15H,2-3,7H2,1H3. The van der Waals surface area contributed by atoms with Gasteiger partial charge in [0.25, 0.3) is 0 Å². The maximum atomic E-state index is 10.9. The van der Waals surface area contributed by atoms with Gasteiger partial charge in [0.2, 0.25) is 6.41 Å². The molecule has 0 fully saturated rings. The second-order valence-electron chi connectivity index (χ2n) is 3.26. The zero-order chi connectivity index (χ0) is 11.3. The summed E-state index contributed by atoms with van der Waals surface area (Å²) in [6.07, 6.45) is 2.82. The lowest BCUT2D eigenvalue weighted by atomic mass is 10.2. The molecule has 4 heteroatoms. The second-order valence-corrected chi connectivity index (χ2v) is 4.12. The monoisotopic (exact) mass is 243 g/mol. The highest BCUT2D eigenvalue weighted by Gasteiger charge is 2.10. The number of carbonyl (C=O) groups excluding carboxylic acids is 1. The van der Waals surface area contributed by atoms with Crippen LogP contribution >= 0.6 is 24.2 Å². The first kappa shape index (κ1) is 12.4. The molecule has 0 spiro atoms. The highest BCUT2D eigenvalue weighted by atomic mass is 35.5. The Balaban J connectivity index is 2.91. The summed E-state index contributed by atoms with van der Waals surface area (Å²) in [7, 11) is 0. The molecule has 0 unspecified atom stereocenters. The minimum Gasteiger partial charge on any atom is -0.313 e. The fourth-order valence-corrected chi connectivity index (χ4v) is 1.72. The molecule has 82 valence electrons. The SMILES string of the molecule is CCCCN(C=O)c1cccc(S)c1Cl. The lowest BCUT2D eigenvalue weighted by Crippen LogP contribution is -2.22. The third kappa shape index (κ3) is 3.14. The second kappa shape index (κ2) is 6.03. The van der Waals surface area contributed by atoms with Gasteiger partial charge in [-0.3, -0.25) is 4.79 Å². The zero-order valence-electron chi connectivity index (χ0n) is 8.61. The summed E-state index contributed by atoms with van der Waals surface area (Å²) in [5, 5.41) is 0.532. The van der Waals surface area contributed by atoms with E-state index in [2.05, 4.69) is 19.6 Å². The number of rotatable bonds is 5. The highest BCUT2D eigenvalue weighted by molar-refractivity contribution is 7.80. The van der Waals surface area contributed by atoms with Gasteiger partial charge in [-0.1, -0.05) is 31.0 Å². The van der Waals surface area contributed by atoms with Crippen LogP contribution in [0.25, 0.3) is 0 Å². The van der Waals surface area contributed by atoms with Crippen LogP contribution in [0.5, 0.6) is 0 Å². The number of hydrogen-bond donors (Lipinski definition) is 1. The molecule has 0 heterocycles. The maximum absolute atomic E-state index is 10.9. The Morgan fingerprint density at radius 2 is 2.27 bits per heavy atom. The molecule has 0 aromatic heterocycles. The van der Waals surface area contributed by atoms with E-state index in [1.54, 1.807) is 11.0 Å². The molecular formula is C11H14ClNOS. The van der Waals surface area contributed by atoms with E-state index >= 15 is 0 Å². The highest BCUT2D eigenvalue weighted by Crippen LogP contribution is 2.30. The molecule has 0 radical (unpaired) electrons. The molecule has 1 rings (SSSR count). The molecule has 0 aliphatic rings. The van der Waals surface area contributed by atoms with Crippen molar-refractivity contribution in [3.8, 4) is 0 Å². The Morgan fingerprint density at radius 1 is 1.53 bits per heavy atom. The number of halogens is 1. The summed E-state index contributed by atoms with van der Waals surface area (Å²) in [4.78, 5) is 13.2. The van der Waals surface area contributed by atoms with Gasteiger partial charge in [-0.15, -0.1) is 12.6 Å². The summed E-state index contributed by atoms with van der Waals surface area (Å²) in [5.41, 5.74) is 0.729. The zero-order valence-corrected chi connectivity index (χ0v) is 10.3. The number of hydrogen-bond acceptors (Lipinski definition) is 2. The van der Waals surface area contributed by atoms with E-state index < -0.39 is 0 Å². The van der Waals surface area contributed by atoms with Gasteiger partial charge < -0.3 is 4.90 Å². The molecule has 0 saturated carbocycles. The molecule has 0 aliphatic heterocycles. The van der Waals surface area contributed by atoms with Crippen molar-refractivity contribution in [2.75, 3.05) is 11.4 Å². The summed E-state index contributed by atoms with van der Waals surface area (Å²) < 4.78 is 0. The number of thiol groups is 1. The largest absolute Gasteiger partial charge is 0.313 e. The number of carbonyl (C=O) groups is 1. The molecule has 0 N–H and O–H groups in total. The molecular weight excluding hydrogens is 230 g/mol. The molecule has 15 heavy (non-hydrogen) atoms. The van der Waals surface area contributed by atoms with Crippen LogP contribution in [0.2, 0.25) is 5.02 Å². The Hall–Kier alpha value is -0.670. The Kier molecular flexibility index (Phi) is 4.99. The van der Waals surface area contributed by atoms with Gasteiger partial charge in [0, 0.05) is 11.4 Å². The van der Waals surface area contributed by atoms with Crippen LogP contribution in [0.1, 0.15) is 19.8 Å². The van der Waals surface area contributed by atoms with Gasteiger partial charge in [0.1, 0.15) is 0 Å². The number of anilines is 1. The van der Waals surface area contributed by atoms with E-state index in [0.717, 1.165) is 24.9 Å². The van der Waals surface area contributed by atoms with E-state index in [9.17, 15) is 4.79 Å². The topological polar surface area (TPSA) is 20.3 Å². The van der Waals surface area contributed by atoms with Gasteiger partial charge in [0.05, 0.1) is 10.7 Å². The lowest BCUT2D eigenvalue weighted by molar-refractivity contribution is -0.107. The quantitative estimate of drug-likeness (QED) is 0.621. The first-order chi connectivity index (χ1) is 7.20. The minimum atomic E-state index is 0.532. The first-order valence-corrected chi connectivity index (χ1v) is 5.72. The molecule has 0 saturated heterocycles. The van der Waals surface area contributed by atoms with E-state index in [1.165, 1.54) is 0 Å². The van der Waals surface area contributed by atoms with Crippen molar-refractivity contribution in [1.82, 2.24) is 0 Å². The minimum absolute atomic E-state index is 0.532.